The first kappa shape index (κ1) is 9.02. The molecule has 3 rings (SSSR count). The number of aromatic nitrogens is 4. The molecule has 1 aliphatic heterocycles. The molecule has 1 aliphatic rings. The van der Waals surface area contributed by atoms with Crippen molar-refractivity contribution in [1.82, 2.24) is 19.5 Å². The van der Waals surface area contributed by atoms with Gasteiger partial charge in [0.05, 0.1) is 17.6 Å². The van der Waals surface area contributed by atoms with E-state index >= 15 is 0 Å². The average Bonchev–Trinajstić information content (AvgIpc) is 2.73. The molecular weight excluding hydrogens is 208 g/mol. The van der Waals surface area contributed by atoms with Gasteiger partial charge < -0.3 is 9.67 Å². The number of hydrogen-bond acceptors (Lipinski definition) is 4. The van der Waals surface area contributed by atoms with Crippen molar-refractivity contribution in [2.24, 2.45) is 0 Å². The zero-order valence-electron chi connectivity index (χ0n) is 8.29. The van der Waals surface area contributed by atoms with E-state index < -0.39 is 5.97 Å². The number of carboxylic acid groups (broad SMARTS) is 1. The third-order valence-corrected chi connectivity index (χ3v) is 2.69. The maximum atomic E-state index is 10.9. The van der Waals surface area contributed by atoms with Crippen molar-refractivity contribution in [2.75, 3.05) is 0 Å². The van der Waals surface area contributed by atoms with Crippen LogP contribution in [0.1, 0.15) is 16.3 Å². The second kappa shape index (κ2) is 3.13. The van der Waals surface area contributed by atoms with Crippen LogP contribution in [0.5, 0.6) is 0 Å². The van der Waals surface area contributed by atoms with Gasteiger partial charge in [-0.05, 0) is 0 Å². The molecule has 0 aromatic carbocycles. The highest BCUT2D eigenvalue weighted by molar-refractivity contribution is 5.85. The SMILES string of the molecule is O=C(O)c1ncc2n1CCc1ncncc1-2. The molecule has 0 saturated carbocycles. The standard InChI is InChI=1S/C10H8N4O2/c15-10(16)9-12-4-8-6-3-11-5-13-7(6)1-2-14(8)9/h3-5H,1-2H2,(H,15,16). The van der Waals surface area contributed by atoms with Crippen LogP contribution in [0.2, 0.25) is 0 Å². The first-order valence-corrected chi connectivity index (χ1v) is 4.85. The lowest BCUT2D eigenvalue weighted by Crippen LogP contribution is -2.17. The Balaban J connectivity index is 2.23. The van der Waals surface area contributed by atoms with Gasteiger partial charge in [-0.25, -0.2) is 19.7 Å². The van der Waals surface area contributed by atoms with Gasteiger partial charge in [0, 0.05) is 24.7 Å². The average molecular weight is 216 g/mol. The molecule has 16 heavy (non-hydrogen) atoms. The highest BCUT2D eigenvalue weighted by atomic mass is 16.4. The van der Waals surface area contributed by atoms with Crippen molar-refractivity contribution in [3.8, 4) is 11.3 Å². The van der Waals surface area contributed by atoms with Crippen molar-refractivity contribution in [1.29, 1.82) is 0 Å². The minimum atomic E-state index is -1.01. The molecule has 0 atom stereocenters. The molecule has 0 unspecified atom stereocenters. The van der Waals surface area contributed by atoms with Crippen molar-refractivity contribution in [2.45, 2.75) is 13.0 Å². The van der Waals surface area contributed by atoms with Crippen LogP contribution in [0.3, 0.4) is 0 Å². The first-order chi connectivity index (χ1) is 7.77. The molecule has 6 heteroatoms. The Morgan fingerprint density at radius 2 is 2.25 bits per heavy atom. The van der Waals surface area contributed by atoms with Crippen molar-refractivity contribution < 1.29 is 9.90 Å². The van der Waals surface area contributed by atoms with Gasteiger partial charge in [-0.1, -0.05) is 0 Å². The maximum Gasteiger partial charge on any atom is 0.372 e. The molecule has 0 saturated heterocycles. The second-order valence-electron chi connectivity index (χ2n) is 3.56. The number of fused-ring (bicyclic) bond motifs is 3. The van der Waals surface area contributed by atoms with Gasteiger partial charge in [-0.2, -0.15) is 0 Å². The quantitative estimate of drug-likeness (QED) is 0.754. The molecule has 1 N–H and O–H groups in total. The van der Waals surface area contributed by atoms with E-state index in [-0.39, 0.29) is 5.82 Å². The van der Waals surface area contributed by atoms with Crippen LogP contribution in [0.15, 0.2) is 18.7 Å². The summed E-state index contributed by atoms with van der Waals surface area (Å²) in [5, 5.41) is 8.96. The summed E-state index contributed by atoms with van der Waals surface area (Å²) in [7, 11) is 0. The smallest absolute Gasteiger partial charge is 0.372 e. The van der Waals surface area contributed by atoms with Gasteiger partial charge in [0.1, 0.15) is 6.33 Å². The fourth-order valence-corrected chi connectivity index (χ4v) is 1.97. The predicted octanol–water partition coefficient (Wildman–Crippen LogP) is 0.594. The molecule has 2 aromatic heterocycles. The Labute approximate surface area is 90.6 Å². The molecule has 3 heterocycles. The Bertz CT molecular complexity index is 576. The highest BCUT2D eigenvalue weighted by Gasteiger charge is 2.23. The summed E-state index contributed by atoms with van der Waals surface area (Å²) in [6.07, 6.45) is 5.47. The Morgan fingerprint density at radius 3 is 3.06 bits per heavy atom. The molecule has 0 radical (unpaired) electrons. The van der Waals surface area contributed by atoms with Crippen molar-refractivity contribution >= 4 is 5.97 Å². The zero-order valence-corrected chi connectivity index (χ0v) is 8.29. The Morgan fingerprint density at radius 1 is 1.38 bits per heavy atom. The first-order valence-electron chi connectivity index (χ1n) is 4.85. The van der Waals surface area contributed by atoms with Crippen LogP contribution in [-0.4, -0.2) is 30.6 Å². The highest BCUT2D eigenvalue weighted by Crippen LogP contribution is 2.27. The van der Waals surface area contributed by atoms with Crippen molar-refractivity contribution in [3.05, 3.63) is 30.2 Å². The third kappa shape index (κ3) is 1.13. The summed E-state index contributed by atoms with van der Waals surface area (Å²) in [6, 6.07) is 0. The van der Waals surface area contributed by atoms with Crippen LogP contribution in [0.4, 0.5) is 0 Å². The third-order valence-electron chi connectivity index (χ3n) is 2.69. The molecule has 0 amide bonds. The summed E-state index contributed by atoms with van der Waals surface area (Å²) < 4.78 is 1.69. The molecule has 2 aromatic rings. The van der Waals surface area contributed by atoms with E-state index in [0.717, 1.165) is 17.0 Å². The van der Waals surface area contributed by atoms with Crippen LogP contribution in [0.25, 0.3) is 11.3 Å². The van der Waals surface area contributed by atoms with Gasteiger partial charge in [0.15, 0.2) is 0 Å². The minimum absolute atomic E-state index is 0.0736. The van der Waals surface area contributed by atoms with Crippen LogP contribution in [-0.2, 0) is 13.0 Å². The van der Waals surface area contributed by atoms with E-state index in [0.29, 0.717) is 13.0 Å². The van der Waals surface area contributed by atoms with Crippen LogP contribution in [0, 0.1) is 0 Å². The molecule has 0 aliphatic carbocycles. The normalized spacial score (nSPS) is 13.0. The summed E-state index contributed by atoms with van der Waals surface area (Å²) in [4.78, 5) is 23.0. The minimum Gasteiger partial charge on any atom is -0.475 e. The van der Waals surface area contributed by atoms with Gasteiger partial charge in [0.2, 0.25) is 5.82 Å². The molecule has 0 spiro atoms. The summed E-state index contributed by atoms with van der Waals surface area (Å²) in [5.74, 6) is -0.934. The van der Waals surface area contributed by atoms with Gasteiger partial charge in [-0.15, -0.1) is 0 Å². The van der Waals surface area contributed by atoms with E-state index in [1.54, 1.807) is 17.0 Å². The van der Waals surface area contributed by atoms with Gasteiger partial charge >= 0.3 is 5.97 Å². The summed E-state index contributed by atoms with van der Waals surface area (Å²) >= 11 is 0. The topological polar surface area (TPSA) is 80.9 Å². The number of aromatic carboxylic acids is 1. The number of carboxylic acids is 1. The molecule has 6 nitrogen and oxygen atoms in total. The summed E-state index contributed by atoms with van der Waals surface area (Å²) in [5.41, 5.74) is 2.59. The molecule has 80 valence electrons. The Kier molecular flexibility index (Phi) is 1.76. The summed E-state index contributed by atoms with van der Waals surface area (Å²) in [6.45, 7) is 0.598. The zero-order chi connectivity index (χ0) is 11.1. The lowest BCUT2D eigenvalue weighted by Gasteiger charge is -2.17. The van der Waals surface area contributed by atoms with Crippen LogP contribution >= 0.6 is 0 Å². The predicted molar refractivity (Wildman–Crippen MR) is 53.9 cm³/mol. The van der Waals surface area contributed by atoms with Crippen LogP contribution < -0.4 is 0 Å². The Hall–Kier alpha value is -2.24. The number of imidazole rings is 1. The lowest BCUT2D eigenvalue weighted by molar-refractivity contribution is 0.0678. The van der Waals surface area contributed by atoms with Gasteiger partial charge in [0.25, 0.3) is 0 Å². The van der Waals surface area contributed by atoms with Crippen molar-refractivity contribution in [3.63, 3.8) is 0 Å². The lowest BCUT2D eigenvalue weighted by atomic mass is 10.1. The van der Waals surface area contributed by atoms with E-state index in [2.05, 4.69) is 15.0 Å². The fourth-order valence-electron chi connectivity index (χ4n) is 1.97. The molecule has 0 fully saturated rings. The van der Waals surface area contributed by atoms with Gasteiger partial charge in [-0.3, -0.25) is 0 Å². The fraction of sp³-hybridized carbons (Fsp3) is 0.200. The maximum absolute atomic E-state index is 10.9. The van der Waals surface area contributed by atoms with E-state index in [9.17, 15) is 4.79 Å². The van der Waals surface area contributed by atoms with E-state index in [1.165, 1.54) is 6.33 Å². The number of rotatable bonds is 1. The van der Waals surface area contributed by atoms with E-state index in [4.69, 9.17) is 5.11 Å². The number of hydrogen-bond donors (Lipinski definition) is 1. The molecule has 0 bridgehead atoms. The number of nitrogens with zero attached hydrogens (tertiary/aromatic N) is 4. The van der Waals surface area contributed by atoms with E-state index in [1.807, 2.05) is 0 Å². The second-order valence-corrected chi connectivity index (χ2v) is 3.56. The largest absolute Gasteiger partial charge is 0.475 e. The number of carbonyl (C=O) groups is 1. The number of aryl methyl sites for hydroxylation is 1. The monoisotopic (exact) mass is 216 g/mol. The molecular formula is C10H8N4O2.